The van der Waals surface area contributed by atoms with E-state index in [2.05, 4.69) is 34.6 Å². The molecule has 0 amide bonds. The summed E-state index contributed by atoms with van der Waals surface area (Å²) in [6.07, 6.45) is 48.4. The maximum Gasteiger partial charge on any atom is 0.472 e. The standard InChI is InChI=1S/C69H134O17P2/c1-6-10-13-16-19-22-32-37-42-47-52-66(71)79-58-64(85-68(73)54-49-44-39-34-24-21-18-15-12-8-3)60-83-87(75,76)81-56-63(70)57-82-88(77,78)84-61-65(59-80-67(72)53-48-43-38-33-23-20-17-14-11-7-2)86-69(74)55-50-45-40-35-30-28-26-25-27-29-31-36-41-46-51-62(5)9-4/h62-65,70H,6-61H2,1-5H3,(H,75,76)(H,77,78)/t62?,63-,64+,65+/m0/s1. The van der Waals surface area contributed by atoms with Crippen molar-refractivity contribution >= 4 is 39.5 Å². The molecule has 0 aromatic carbocycles. The number of esters is 4. The van der Waals surface area contributed by atoms with Gasteiger partial charge < -0.3 is 33.8 Å². The lowest BCUT2D eigenvalue weighted by atomic mass is 9.99. The Hall–Kier alpha value is -1.94. The van der Waals surface area contributed by atoms with Crippen molar-refractivity contribution in [3.8, 4) is 0 Å². The van der Waals surface area contributed by atoms with Gasteiger partial charge in [0, 0.05) is 25.7 Å². The average Bonchev–Trinajstić information content (AvgIpc) is 3.63. The zero-order valence-electron chi connectivity index (χ0n) is 56.9. The summed E-state index contributed by atoms with van der Waals surface area (Å²) in [5, 5.41) is 10.6. The Morgan fingerprint density at radius 2 is 0.545 bits per heavy atom. The zero-order valence-corrected chi connectivity index (χ0v) is 58.6. The minimum atomic E-state index is -4.95. The quantitative estimate of drug-likeness (QED) is 0.0222. The molecule has 0 aliphatic rings. The Kier molecular flexibility index (Phi) is 61.1. The number of phosphoric acid groups is 2. The number of unbranched alkanes of at least 4 members (excludes halogenated alkanes) is 40. The Morgan fingerprint density at radius 3 is 0.807 bits per heavy atom. The second kappa shape index (κ2) is 62.5. The maximum absolute atomic E-state index is 13.0. The van der Waals surface area contributed by atoms with Gasteiger partial charge in [-0.2, -0.15) is 0 Å². The number of aliphatic hydroxyl groups is 1. The van der Waals surface area contributed by atoms with Crippen LogP contribution in [0, 0.1) is 5.92 Å². The van der Waals surface area contributed by atoms with E-state index in [9.17, 15) is 43.2 Å². The Balaban J connectivity index is 5.19. The SMILES string of the molecule is CCCCCCCCCCCCC(=O)OC[C@H](COP(=O)(O)OC[C@H](O)COP(=O)(O)OC[C@@H](COC(=O)CCCCCCCCCCCC)OC(=O)CCCCCCCCCCCCCCCCC(C)CC)OC(=O)CCCCCCCCCCCC. The highest BCUT2D eigenvalue weighted by Gasteiger charge is 2.30. The van der Waals surface area contributed by atoms with E-state index < -0.39 is 97.5 Å². The van der Waals surface area contributed by atoms with Crippen molar-refractivity contribution in [2.75, 3.05) is 39.6 Å². The molecule has 0 aliphatic heterocycles. The van der Waals surface area contributed by atoms with E-state index in [0.29, 0.717) is 25.7 Å². The molecule has 0 radical (unpaired) electrons. The van der Waals surface area contributed by atoms with E-state index in [1.807, 2.05) is 0 Å². The summed E-state index contributed by atoms with van der Waals surface area (Å²) in [7, 11) is -9.89. The number of carbonyl (C=O) groups excluding carboxylic acids is 4. The molecule has 0 aromatic rings. The fourth-order valence-corrected chi connectivity index (χ4v) is 12.0. The fraction of sp³-hybridized carbons (Fsp3) is 0.942. The van der Waals surface area contributed by atoms with Crippen LogP contribution in [0.3, 0.4) is 0 Å². The third kappa shape index (κ3) is 61.6. The molecule has 3 unspecified atom stereocenters. The number of hydrogen-bond acceptors (Lipinski definition) is 15. The first-order valence-electron chi connectivity index (χ1n) is 36.2. The van der Waals surface area contributed by atoms with Gasteiger partial charge in [0.05, 0.1) is 26.4 Å². The third-order valence-electron chi connectivity index (χ3n) is 16.4. The van der Waals surface area contributed by atoms with E-state index in [-0.39, 0.29) is 25.7 Å². The highest BCUT2D eigenvalue weighted by molar-refractivity contribution is 7.47. The molecule has 6 atom stereocenters. The topological polar surface area (TPSA) is 237 Å². The number of aliphatic hydroxyl groups excluding tert-OH is 1. The maximum atomic E-state index is 13.0. The molecule has 17 nitrogen and oxygen atoms in total. The molecule has 0 spiro atoms. The van der Waals surface area contributed by atoms with Crippen molar-refractivity contribution in [1.29, 1.82) is 0 Å². The van der Waals surface area contributed by atoms with Gasteiger partial charge in [0.2, 0.25) is 0 Å². The summed E-state index contributed by atoms with van der Waals surface area (Å²) in [5.74, 6) is -1.28. The van der Waals surface area contributed by atoms with Gasteiger partial charge in [0.15, 0.2) is 12.2 Å². The van der Waals surface area contributed by atoms with Crippen LogP contribution in [0.1, 0.15) is 356 Å². The number of hydrogen-bond donors (Lipinski definition) is 3. The Labute approximate surface area is 537 Å². The highest BCUT2D eigenvalue weighted by atomic mass is 31.2. The molecule has 0 heterocycles. The monoisotopic (exact) mass is 1300 g/mol. The van der Waals surface area contributed by atoms with Gasteiger partial charge in [0.1, 0.15) is 19.3 Å². The number of phosphoric ester groups is 2. The summed E-state index contributed by atoms with van der Waals surface area (Å²) < 4.78 is 68.2. The van der Waals surface area contributed by atoms with Crippen LogP contribution in [-0.4, -0.2) is 96.7 Å². The molecule has 88 heavy (non-hydrogen) atoms. The number of carbonyl (C=O) groups is 4. The van der Waals surface area contributed by atoms with Crippen LogP contribution in [0.25, 0.3) is 0 Å². The molecule has 0 aliphatic carbocycles. The summed E-state index contributed by atoms with van der Waals surface area (Å²) in [5.41, 5.74) is 0. The van der Waals surface area contributed by atoms with Crippen LogP contribution in [0.4, 0.5) is 0 Å². The second-order valence-corrected chi connectivity index (χ2v) is 28.1. The molecule has 19 heteroatoms. The summed E-state index contributed by atoms with van der Waals surface area (Å²) in [6.45, 7) is 7.27. The van der Waals surface area contributed by atoms with Crippen molar-refractivity contribution in [2.45, 2.75) is 374 Å². The van der Waals surface area contributed by atoms with Crippen LogP contribution in [0.15, 0.2) is 0 Å². The molecule has 3 N–H and O–H groups in total. The van der Waals surface area contributed by atoms with Gasteiger partial charge in [-0.25, -0.2) is 9.13 Å². The predicted octanol–water partition coefficient (Wildman–Crippen LogP) is 19.7. The smallest absolute Gasteiger partial charge is 0.462 e. The van der Waals surface area contributed by atoms with E-state index in [0.717, 1.165) is 95.8 Å². The van der Waals surface area contributed by atoms with Gasteiger partial charge in [-0.3, -0.25) is 37.3 Å². The van der Waals surface area contributed by atoms with Gasteiger partial charge in [0.25, 0.3) is 0 Å². The van der Waals surface area contributed by atoms with Crippen LogP contribution in [-0.2, 0) is 65.4 Å². The van der Waals surface area contributed by atoms with Gasteiger partial charge in [-0.15, -0.1) is 0 Å². The first kappa shape index (κ1) is 86.1. The van der Waals surface area contributed by atoms with Crippen molar-refractivity contribution in [1.82, 2.24) is 0 Å². The highest BCUT2D eigenvalue weighted by Crippen LogP contribution is 2.45. The Morgan fingerprint density at radius 1 is 0.318 bits per heavy atom. The normalized spacial score (nSPS) is 14.4. The largest absolute Gasteiger partial charge is 0.472 e. The molecule has 0 saturated heterocycles. The van der Waals surface area contributed by atoms with Crippen molar-refractivity contribution in [2.24, 2.45) is 5.92 Å². The van der Waals surface area contributed by atoms with Crippen LogP contribution in [0.2, 0.25) is 0 Å². The first-order valence-corrected chi connectivity index (χ1v) is 39.2. The molecule has 0 saturated carbocycles. The summed E-state index contributed by atoms with van der Waals surface area (Å²) in [4.78, 5) is 72.4. The zero-order chi connectivity index (χ0) is 64.9. The fourth-order valence-electron chi connectivity index (χ4n) is 10.4. The van der Waals surface area contributed by atoms with Crippen molar-refractivity contribution in [3.05, 3.63) is 0 Å². The van der Waals surface area contributed by atoms with Gasteiger partial charge in [-0.05, 0) is 31.6 Å². The van der Waals surface area contributed by atoms with Gasteiger partial charge >= 0.3 is 39.5 Å². The summed E-state index contributed by atoms with van der Waals surface area (Å²) in [6, 6.07) is 0. The van der Waals surface area contributed by atoms with E-state index in [1.54, 1.807) is 0 Å². The molecule has 0 fully saturated rings. The molecule has 0 aromatic heterocycles. The Bertz CT molecular complexity index is 1710. The van der Waals surface area contributed by atoms with E-state index in [1.165, 1.54) is 180 Å². The molecular weight excluding hydrogens is 1160 g/mol. The number of ether oxygens (including phenoxy) is 4. The predicted molar refractivity (Wildman–Crippen MR) is 354 cm³/mol. The first-order chi connectivity index (χ1) is 42.6. The van der Waals surface area contributed by atoms with E-state index >= 15 is 0 Å². The average molecular weight is 1300 g/mol. The molecule has 522 valence electrons. The van der Waals surface area contributed by atoms with E-state index in [4.69, 9.17) is 37.0 Å². The van der Waals surface area contributed by atoms with Gasteiger partial charge in [-0.1, -0.05) is 304 Å². The number of rotatable bonds is 69. The van der Waals surface area contributed by atoms with Crippen LogP contribution in [0.5, 0.6) is 0 Å². The minimum absolute atomic E-state index is 0.107. The summed E-state index contributed by atoms with van der Waals surface area (Å²) >= 11 is 0. The minimum Gasteiger partial charge on any atom is -0.462 e. The lowest BCUT2D eigenvalue weighted by molar-refractivity contribution is -0.161. The lowest BCUT2D eigenvalue weighted by Gasteiger charge is -2.21. The van der Waals surface area contributed by atoms with Crippen LogP contribution < -0.4 is 0 Å². The van der Waals surface area contributed by atoms with Crippen molar-refractivity contribution < 1.29 is 80.2 Å². The third-order valence-corrected chi connectivity index (χ3v) is 18.3. The van der Waals surface area contributed by atoms with Crippen molar-refractivity contribution in [3.63, 3.8) is 0 Å². The lowest BCUT2D eigenvalue weighted by Crippen LogP contribution is -2.30. The molecule has 0 bridgehead atoms. The molecular formula is C69H134O17P2. The molecule has 0 rings (SSSR count). The van der Waals surface area contributed by atoms with Crippen LogP contribution >= 0.6 is 15.6 Å². The second-order valence-electron chi connectivity index (χ2n) is 25.2.